The molecule has 0 amide bonds. The van der Waals surface area contributed by atoms with Crippen LogP contribution in [0.4, 0.5) is 0 Å². The summed E-state index contributed by atoms with van der Waals surface area (Å²) in [4.78, 5) is 56.1. The van der Waals surface area contributed by atoms with Gasteiger partial charge in [-0.1, -0.05) is 0 Å². The average molecular weight is 445 g/mol. The van der Waals surface area contributed by atoms with Crippen molar-refractivity contribution in [3.8, 4) is 11.8 Å². The Morgan fingerprint density at radius 3 is 1.32 bits per heavy atom. The Labute approximate surface area is 175 Å². The van der Waals surface area contributed by atoms with Gasteiger partial charge in [0, 0.05) is 12.1 Å². The molecule has 0 atom stereocenters. The summed E-state index contributed by atoms with van der Waals surface area (Å²) in [6.07, 6.45) is 0. The molecule has 0 radical (unpaired) electrons. The van der Waals surface area contributed by atoms with Crippen molar-refractivity contribution in [1.29, 1.82) is 0 Å². The SMILES string of the molecule is O=C(O)CN1CN(CC(=O)O)CN(CC(=O)On2c(O)ccc2O)CN(CC(=O)O)C1. The predicted octanol–water partition coefficient (Wildman–Crippen LogP) is -2.84. The van der Waals surface area contributed by atoms with Crippen molar-refractivity contribution in [3.63, 3.8) is 0 Å². The fourth-order valence-electron chi connectivity index (χ4n) is 3.09. The molecule has 1 aromatic heterocycles. The van der Waals surface area contributed by atoms with Crippen LogP contribution in [0.25, 0.3) is 0 Å². The van der Waals surface area contributed by atoms with Gasteiger partial charge in [-0.15, -0.1) is 4.73 Å². The van der Waals surface area contributed by atoms with Crippen LogP contribution in [-0.4, -0.2) is 127 Å². The maximum Gasteiger partial charge on any atom is 0.347 e. The number of hydrogen-bond donors (Lipinski definition) is 5. The number of aliphatic carboxylic acids is 3. The van der Waals surface area contributed by atoms with Gasteiger partial charge in [0.1, 0.15) is 6.54 Å². The van der Waals surface area contributed by atoms with Crippen molar-refractivity contribution in [3.05, 3.63) is 12.1 Å². The van der Waals surface area contributed by atoms with Gasteiger partial charge in [0.05, 0.1) is 46.3 Å². The molecular weight excluding hydrogens is 422 g/mol. The van der Waals surface area contributed by atoms with E-state index >= 15 is 0 Å². The van der Waals surface area contributed by atoms with Crippen LogP contribution in [0.15, 0.2) is 12.1 Å². The molecule has 0 bridgehead atoms. The maximum atomic E-state index is 12.3. The van der Waals surface area contributed by atoms with Crippen LogP contribution < -0.4 is 4.84 Å². The molecule has 2 rings (SSSR count). The van der Waals surface area contributed by atoms with Crippen LogP contribution >= 0.6 is 0 Å². The van der Waals surface area contributed by atoms with Gasteiger partial charge in [0.25, 0.3) is 0 Å². The molecule has 1 saturated heterocycles. The molecule has 1 aromatic rings. The molecule has 1 aliphatic heterocycles. The van der Waals surface area contributed by atoms with E-state index in [2.05, 4.69) is 0 Å². The molecule has 2 heterocycles. The molecular formula is C16H23N5O10. The number of aromatic nitrogens is 1. The topological polar surface area (TPSA) is 197 Å². The van der Waals surface area contributed by atoms with Gasteiger partial charge in [0.15, 0.2) is 0 Å². The monoisotopic (exact) mass is 445 g/mol. The first-order valence-electron chi connectivity index (χ1n) is 8.89. The molecule has 31 heavy (non-hydrogen) atoms. The number of aromatic hydroxyl groups is 2. The summed E-state index contributed by atoms with van der Waals surface area (Å²) in [5.41, 5.74) is 0. The molecule has 0 unspecified atom stereocenters. The minimum absolute atomic E-state index is 0.112. The summed E-state index contributed by atoms with van der Waals surface area (Å²) < 4.78 is 0.491. The molecule has 15 nitrogen and oxygen atoms in total. The zero-order chi connectivity index (χ0) is 23.1. The number of rotatable bonds is 9. The Kier molecular flexibility index (Phi) is 8.14. The molecule has 1 fully saturated rings. The lowest BCUT2D eigenvalue weighted by atomic mass is 10.4. The summed E-state index contributed by atoms with van der Waals surface area (Å²) >= 11 is 0. The van der Waals surface area contributed by atoms with Crippen molar-refractivity contribution in [1.82, 2.24) is 24.3 Å². The minimum atomic E-state index is -1.18. The van der Waals surface area contributed by atoms with Gasteiger partial charge in [-0.3, -0.25) is 34.0 Å². The highest BCUT2D eigenvalue weighted by Crippen LogP contribution is 2.18. The van der Waals surface area contributed by atoms with E-state index < -0.39 is 61.8 Å². The molecule has 0 saturated carbocycles. The van der Waals surface area contributed by atoms with Gasteiger partial charge in [-0.05, 0) is 0 Å². The third kappa shape index (κ3) is 7.74. The van der Waals surface area contributed by atoms with E-state index in [0.29, 0.717) is 4.73 Å². The Morgan fingerprint density at radius 1 is 0.677 bits per heavy atom. The summed E-state index contributed by atoms with van der Waals surface area (Å²) in [7, 11) is 0. The summed E-state index contributed by atoms with van der Waals surface area (Å²) in [5.74, 6) is -5.50. The fourth-order valence-corrected chi connectivity index (χ4v) is 3.09. The second-order valence-corrected chi connectivity index (χ2v) is 6.87. The number of carboxylic acid groups (broad SMARTS) is 3. The van der Waals surface area contributed by atoms with Gasteiger partial charge in [0.2, 0.25) is 11.8 Å². The summed E-state index contributed by atoms with van der Waals surface area (Å²) in [6, 6.07) is 2.19. The third-order valence-corrected chi connectivity index (χ3v) is 4.02. The first kappa shape index (κ1) is 23.9. The van der Waals surface area contributed by atoms with Gasteiger partial charge in [-0.2, -0.15) is 0 Å². The Morgan fingerprint density at radius 2 is 1.00 bits per heavy atom. The van der Waals surface area contributed by atoms with Crippen LogP contribution in [0, 0.1) is 0 Å². The van der Waals surface area contributed by atoms with E-state index in [0.717, 1.165) is 12.1 Å². The van der Waals surface area contributed by atoms with Crippen molar-refractivity contribution in [2.24, 2.45) is 0 Å². The molecule has 1 aliphatic rings. The molecule has 0 aromatic carbocycles. The van der Waals surface area contributed by atoms with Crippen molar-refractivity contribution in [2.75, 3.05) is 52.9 Å². The van der Waals surface area contributed by atoms with E-state index in [9.17, 15) is 29.4 Å². The highest BCUT2D eigenvalue weighted by Gasteiger charge is 2.28. The summed E-state index contributed by atoms with van der Waals surface area (Å²) in [5, 5.41) is 46.5. The van der Waals surface area contributed by atoms with Crippen LogP contribution in [0.1, 0.15) is 0 Å². The third-order valence-electron chi connectivity index (χ3n) is 4.02. The lowest BCUT2D eigenvalue weighted by molar-refractivity contribution is -0.151. The molecule has 0 aliphatic carbocycles. The predicted molar refractivity (Wildman–Crippen MR) is 98.5 cm³/mol. The highest BCUT2D eigenvalue weighted by atomic mass is 16.7. The van der Waals surface area contributed by atoms with Gasteiger partial charge >= 0.3 is 23.9 Å². The van der Waals surface area contributed by atoms with Crippen LogP contribution in [0.5, 0.6) is 11.8 Å². The largest absolute Gasteiger partial charge is 0.492 e. The van der Waals surface area contributed by atoms with E-state index in [1.165, 1.54) is 19.6 Å². The Hall–Kier alpha value is -3.40. The van der Waals surface area contributed by atoms with E-state index in [4.69, 9.17) is 20.2 Å². The van der Waals surface area contributed by atoms with Gasteiger partial charge in [-0.25, -0.2) is 4.79 Å². The first-order valence-corrected chi connectivity index (χ1v) is 8.89. The van der Waals surface area contributed by atoms with Crippen LogP contribution in [0.3, 0.4) is 0 Å². The smallest absolute Gasteiger partial charge is 0.347 e. The highest BCUT2D eigenvalue weighted by molar-refractivity contribution is 5.72. The number of carbonyl (C=O) groups excluding carboxylic acids is 1. The minimum Gasteiger partial charge on any atom is -0.492 e. The van der Waals surface area contributed by atoms with Crippen LogP contribution in [-0.2, 0) is 19.2 Å². The van der Waals surface area contributed by atoms with Crippen molar-refractivity contribution in [2.45, 2.75) is 0 Å². The number of carbonyl (C=O) groups is 4. The van der Waals surface area contributed by atoms with Crippen molar-refractivity contribution >= 4 is 23.9 Å². The average Bonchev–Trinajstić information content (AvgIpc) is 2.90. The lowest BCUT2D eigenvalue weighted by Gasteiger charge is -2.40. The van der Waals surface area contributed by atoms with E-state index in [1.54, 1.807) is 0 Å². The Bertz CT molecular complexity index is 780. The van der Waals surface area contributed by atoms with Crippen LogP contribution in [0.2, 0.25) is 0 Å². The zero-order valence-corrected chi connectivity index (χ0v) is 16.3. The first-order chi connectivity index (χ1) is 14.5. The van der Waals surface area contributed by atoms with E-state index in [-0.39, 0.29) is 26.7 Å². The Balaban J connectivity index is 2.16. The quantitative estimate of drug-likeness (QED) is 0.260. The normalized spacial score (nSPS) is 17.0. The van der Waals surface area contributed by atoms with Crippen molar-refractivity contribution < 1.29 is 49.5 Å². The summed E-state index contributed by atoms with van der Waals surface area (Å²) in [6.45, 7) is -2.28. The lowest BCUT2D eigenvalue weighted by Crippen LogP contribution is -2.58. The van der Waals surface area contributed by atoms with Gasteiger partial charge < -0.3 is 30.4 Å². The zero-order valence-electron chi connectivity index (χ0n) is 16.3. The molecule has 15 heteroatoms. The number of hydrogen-bond acceptors (Lipinski definition) is 11. The number of nitrogens with zero attached hydrogens (tertiary/aromatic N) is 5. The maximum absolute atomic E-state index is 12.3. The molecule has 5 N–H and O–H groups in total. The van der Waals surface area contributed by atoms with E-state index in [1.807, 2.05) is 0 Å². The molecule has 172 valence electrons. The second-order valence-electron chi connectivity index (χ2n) is 6.87. The molecule has 0 spiro atoms. The second kappa shape index (κ2) is 10.6. The fraction of sp³-hybridized carbons (Fsp3) is 0.500. The standard InChI is InChI=1S/C16H23N5O10/c22-11-1-2-12(23)21(11)31-16(30)6-20-9-18(4-14(26)27)7-17(3-13(24)25)8-19(10-20)5-15(28)29/h1-2,22-23H,3-10H2,(H,24,25)(H,26,27)(H,28,29). The number of carboxylic acids is 3.